The summed E-state index contributed by atoms with van der Waals surface area (Å²) < 4.78 is 1.04. The Morgan fingerprint density at radius 1 is 1.29 bits per heavy atom. The molecule has 1 heterocycles. The minimum absolute atomic E-state index is 0.116. The maximum atomic E-state index is 12.4. The van der Waals surface area contributed by atoms with Crippen LogP contribution >= 0.6 is 15.9 Å². The number of anilines is 1. The third-order valence-electron chi connectivity index (χ3n) is 4.16. The number of amides is 1. The van der Waals surface area contributed by atoms with Crippen molar-refractivity contribution in [3.05, 3.63) is 28.2 Å². The number of benzene rings is 1. The van der Waals surface area contributed by atoms with Gasteiger partial charge in [-0.15, -0.1) is 0 Å². The fourth-order valence-corrected chi connectivity index (χ4v) is 3.63. The number of hydrogen-bond acceptors (Lipinski definition) is 1. The molecule has 0 spiro atoms. The fraction of sp³-hybridized carbons (Fsp3) is 0.500. The molecule has 0 bridgehead atoms. The first-order valence-corrected chi connectivity index (χ1v) is 7.05. The van der Waals surface area contributed by atoms with Gasteiger partial charge in [0, 0.05) is 17.2 Å². The van der Waals surface area contributed by atoms with Crippen molar-refractivity contribution in [1.29, 1.82) is 0 Å². The Hall–Kier alpha value is -0.830. The van der Waals surface area contributed by atoms with Crippen molar-refractivity contribution >= 4 is 27.5 Å². The van der Waals surface area contributed by atoms with Gasteiger partial charge in [-0.2, -0.15) is 0 Å². The number of carbonyl (C=O) groups excluding carboxylic acids is 1. The van der Waals surface area contributed by atoms with Crippen LogP contribution in [-0.4, -0.2) is 13.0 Å². The number of fused-ring (bicyclic) bond motifs is 1. The molecule has 0 saturated heterocycles. The lowest BCUT2D eigenvalue weighted by atomic mass is 9.86. The molecule has 1 atom stereocenters. The van der Waals surface area contributed by atoms with Gasteiger partial charge in [0.05, 0.1) is 5.92 Å². The molecule has 3 rings (SSSR count). The standard InChI is InChI=1S/C14H16BrNO/c1-16-12-8-10(15)6-7-11(12)13(14(16)17)9-4-2-3-5-9/h6-9,13H,2-5H2,1H3. The van der Waals surface area contributed by atoms with Crippen molar-refractivity contribution in [2.45, 2.75) is 31.6 Å². The highest BCUT2D eigenvalue weighted by atomic mass is 79.9. The van der Waals surface area contributed by atoms with Crippen LogP contribution in [0.15, 0.2) is 22.7 Å². The van der Waals surface area contributed by atoms with E-state index in [0.717, 1.165) is 10.2 Å². The molecule has 1 aliphatic heterocycles. The molecule has 1 fully saturated rings. The number of hydrogen-bond donors (Lipinski definition) is 0. The second-order valence-electron chi connectivity index (χ2n) is 5.12. The molecule has 2 aliphatic rings. The van der Waals surface area contributed by atoms with E-state index in [2.05, 4.69) is 28.1 Å². The van der Waals surface area contributed by atoms with E-state index in [1.54, 1.807) is 0 Å². The Morgan fingerprint density at radius 2 is 2.00 bits per heavy atom. The second-order valence-corrected chi connectivity index (χ2v) is 6.04. The molecule has 1 aromatic rings. The molecule has 17 heavy (non-hydrogen) atoms. The summed E-state index contributed by atoms with van der Waals surface area (Å²) in [7, 11) is 1.89. The molecule has 0 N–H and O–H groups in total. The monoisotopic (exact) mass is 293 g/mol. The maximum absolute atomic E-state index is 12.4. The van der Waals surface area contributed by atoms with E-state index in [-0.39, 0.29) is 11.8 Å². The lowest BCUT2D eigenvalue weighted by Crippen LogP contribution is -2.27. The Balaban J connectivity index is 2.04. The SMILES string of the molecule is CN1C(=O)C(C2CCCC2)c2ccc(Br)cc21. The van der Waals surface area contributed by atoms with Gasteiger partial charge in [0.1, 0.15) is 0 Å². The van der Waals surface area contributed by atoms with Crippen LogP contribution in [0.2, 0.25) is 0 Å². The van der Waals surface area contributed by atoms with E-state index in [4.69, 9.17) is 0 Å². The van der Waals surface area contributed by atoms with E-state index in [1.165, 1.54) is 31.2 Å². The van der Waals surface area contributed by atoms with Crippen molar-refractivity contribution in [3.63, 3.8) is 0 Å². The summed E-state index contributed by atoms with van der Waals surface area (Å²) >= 11 is 3.48. The maximum Gasteiger partial charge on any atom is 0.234 e. The van der Waals surface area contributed by atoms with Gasteiger partial charge in [-0.25, -0.2) is 0 Å². The first-order valence-electron chi connectivity index (χ1n) is 6.25. The summed E-state index contributed by atoms with van der Waals surface area (Å²) in [6, 6.07) is 6.22. The summed E-state index contributed by atoms with van der Waals surface area (Å²) in [6.45, 7) is 0. The molecule has 1 aliphatic carbocycles. The summed E-state index contributed by atoms with van der Waals surface area (Å²) in [4.78, 5) is 14.2. The van der Waals surface area contributed by atoms with Crippen LogP contribution in [0.1, 0.15) is 37.2 Å². The largest absolute Gasteiger partial charge is 0.315 e. The van der Waals surface area contributed by atoms with Crippen molar-refractivity contribution in [2.75, 3.05) is 11.9 Å². The van der Waals surface area contributed by atoms with Gasteiger partial charge in [0.15, 0.2) is 0 Å². The molecular weight excluding hydrogens is 278 g/mol. The average Bonchev–Trinajstić information content (AvgIpc) is 2.90. The highest BCUT2D eigenvalue weighted by Crippen LogP contribution is 2.46. The molecular formula is C14H16BrNO. The van der Waals surface area contributed by atoms with E-state index < -0.39 is 0 Å². The summed E-state index contributed by atoms with van der Waals surface area (Å²) in [5.41, 5.74) is 2.31. The molecule has 1 aromatic carbocycles. The Bertz CT molecular complexity index is 465. The zero-order valence-corrected chi connectivity index (χ0v) is 11.5. The predicted octanol–water partition coefficient (Wildman–Crippen LogP) is 3.70. The quantitative estimate of drug-likeness (QED) is 0.773. The number of likely N-dealkylation sites (N-methyl/N-ethyl adjacent to an activating group) is 1. The zero-order chi connectivity index (χ0) is 12.0. The minimum atomic E-state index is 0.116. The highest BCUT2D eigenvalue weighted by Gasteiger charge is 2.40. The van der Waals surface area contributed by atoms with Crippen LogP contribution in [0.4, 0.5) is 5.69 Å². The molecule has 1 saturated carbocycles. The van der Waals surface area contributed by atoms with Crippen molar-refractivity contribution in [3.8, 4) is 0 Å². The number of halogens is 1. The van der Waals surface area contributed by atoms with Gasteiger partial charge in [-0.3, -0.25) is 4.79 Å². The summed E-state index contributed by atoms with van der Waals surface area (Å²) in [5, 5.41) is 0. The summed E-state index contributed by atoms with van der Waals surface area (Å²) in [6.07, 6.45) is 4.98. The van der Waals surface area contributed by atoms with Crippen LogP contribution in [0.3, 0.4) is 0 Å². The molecule has 3 heteroatoms. The van der Waals surface area contributed by atoms with Gasteiger partial charge in [-0.1, -0.05) is 34.8 Å². The number of carbonyl (C=O) groups is 1. The third-order valence-corrected chi connectivity index (χ3v) is 4.65. The van der Waals surface area contributed by atoms with Crippen LogP contribution in [0.5, 0.6) is 0 Å². The van der Waals surface area contributed by atoms with E-state index in [1.807, 2.05) is 18.0 Å². The normalized spacial score (nSPS) is 24.5. The molecule has 2 nitrogen and oxygen atoms in total. The van der Waals surface area contributed by atoms with Crippen LogP contribution in [0, 0.1) is 5.92 Å². The molecule has 0 radical (unpaired) electrons. The van der Waals surface area contributed by atoms with Crippen molar-refractivity contribution in [1.82, 2.24) is 0 Å². The highest BCUT2D eigenvalue weighted by molar-refractivity contribution is 9.10. The zero-order valence-electron chi connectivity index (χ0n) is 9.95. The van der Waals surface area contributed by atoms with Gasteiger partial charge >= 0.3 is 0 Å². The van der Waals surface area contributed by atoms with Crippen molar-refractivity contribution < 1.29 is 4.79 Å². The second kappa shape index (κ2) is 4.13. The van der Waals surface area contributed by atoms with Crippen LogP contribution in [-0.2, 0) is 4.79 Å². The van der Waals surface area contributed by atoms with Crippen molar-refractivity contribution in [2.24, 2.45) is 5.92 Å². The fourth-order valence-electron chi connectivity index (χ4n) is 3.28. The first kappa shape index (κ1) is 11.3. The number of nitrogens with zero attached hydrogens (tertiary/aromatic N) is 1. The first-order chi connectivity index (χ1) is 8.18. The van der Waals surface area contributed by atoms with Gasteiger partial charge in [0.25, 0.3) is 0 Å². The molecule has 90 valence electrons. The smallest absolute Gasteiger partial charge is 0.234 e. The average molecular weight is 294 g/mol. The Kier molecular flexibility index (Phi) is 2.74. The molecule has 0 aromatic heterocycles. The lowest BCUT2D eigenvalue weighted by Gasteiger charge is -2.17. The van der Waals surface area contributed by atoms with E-state index >= 15 is 0 Å². The van der Waals surface area contributed by atoms with E-state index in [9.17, 15) is 4.79 Å². The van der Waals surface area contributed by atoms with Gasteiger partial charge in [0.2, 0.25) is 5.91 Å². The summed E-state index contributed by atoms with van der Waals surface area (Å²) in [5.74, 6) is 0.961. The minimum Gasteiger partial charge on any atom is -0.315 e. The van der Waals surface area contributed by atoms with E-state index in [0.29, 0.717) is 5.92 Å². The topological polar surface area (TPSA) is 20.3 Å². The predicted molar refractivity (Wildman–Crippen MR) is 72.3 cm³/mol. The lowest BCUT2D eigenvalue weighted by molar-refractivity contribution is -0.120. The third kappa shape index (κ3) is 1.71. The Morgan fingerprint density at radius 3 is 2.71 bits per heavy atom. The van der Waals surface area contributed by atoms with Crippen LogP contribution in [0.25, 0.3) is 0 Å². The molecule has 1 unspecified atom stereocenters. The molecule has 1 amide bonds. The number of rotatable bonds is 1. The van der Waals surface area contributed by atoms with Gasteiger partial charge in [-0.05, 0) is 36.5 Å². The van der Waals surface area contributed by atoms with Crippen LogP contribution < -0.4 is 4.90 Å². The van der Waals surface area contributed by atoms with Gasteiger partial charge < -0.3 is 4.90 Å². The Labute approximate surface area is 110 Å².